The third-order valence-corrected chi connectivity index (χ3v) is 2.78. The van der Waals surface area contributed by atoms with Crippen LogP contribution in [0.2, 0.25) is 0 Å². The van der Waals surface area contributed by atoms with Crippen LogP contribution in [-0.4, -0.2) is 22.2 Å². The van der Waals surface area contributed by atoms with Gasteiger partial charge in [-0.1, -0.05) is 0 Å². The van der Waals surface area contributed by atoms with Crippen molar-refractivity contribution in [3.63, 3.8) is 0 Å². The van der Waals surface area contributed by atoms with Crippen molar-refractivity contribution < 1.29 is 14.6 Å². The van der Waals surface area contributed by atoms with Gasteiger partial charge >= 0.3 is 5.97 Å². The number of carbonyl (C=O) groups excluding carboxylic acids is 1. The fourth-order valence-electron chi connectivity index (χ4n) is 1.62. The molecule has 1 rings (SSSR count). The largest absolute Gasteiger partial charge is 0.503 e. The maximum absolute atomic E-state index is 11.6. The van der Waals surface area contributed by atoms with Crippen molar-refractivity contribution in [2.75, 3.05) is 6.61 Å². The van der Waals surface area contributed by atoms with E-state index in [1.165, 1.54) is 6.07 Å². The lowest BCUT2D eigenvalue weighted by Gasteiger charge is -2.17. The Morgan fingerprint density at radius 2 is 2.05 bits per heavy atom. The fourth-order valence-corrected chi connectivity index (χ4v) is 1.62. The van der Waals surface area contributed by atoms with E-state index in [0.29, 0.717) is 18.7 Å². The zero-order valence-electron chi connectivity index (χ0n) is 11.9. The first-order valence-corrected chi connectivity index (χ1v) is 6.36. The van der Waals surface area contributed by atoms with Crippen molar-refractivity contribution in [2.24, 2.45) is 5.41 Å². The molecule has 1 aromatic heterocycles. The average molecular weight is 267 g/mol. The molecular weight excluding hydrogens is 246 g/mol. The van der Waals surface area contributed by atoms with Crippen LogP contribution in [0.3, 0.4) is 0 Å². The molecule has 0 aliphatic carbocycles. The van der Waals surface area contributed by atoms with Gasteiger partial charge in [-0.05, 0) is 27.7 Å². The maximum atomic E-state index is 11.6. The summed E-state index contributed by atoms with van der Waals surface area (Å²) in [6.07, 6.45) is 1.94. The Hall–Kier alpha value is -1.78. The summed E-state index contributed by atoms with van der Waals surface area (Å²) in [7, 11) is 0. The minimum atomic E-state index is -0.552. The number of hydrogen-bond donors (Lipinski definition) is 1. The van der Waals surface area contributed by atoms with Gasteiger partial charge in [-0.3, -0.25) is 9.59 Å². The highest BCUT2D eigenvalue weighted by atomic mass is 16.5. The summed E-state index contributed by atoms with van der Waals surface area (Å²) in [6, 6.07) is 1.32. The predicted molar refractivity (Wildman–Crippen MR) is 72.2 cm³/mol. The van der Waals surface area contributed by atoms with Crippen molar-refractivity contribution in [3.05, 3.63) is 28.2 Å². The number of aryl methyl sites for hydroxylation is 1. The lowest BCUT2D eigenvalue weighted by molar-refractivity contribution is -0.152. The molecule has 0 bridgehead atoms. The molecule has 0 radical (unpaired) electrons. The van der Waals surface area contributed by atoms with Gasteiger partial charge < -0.3 is 14.4 Å². The summed E-state index contributed by atoms with van der Waals surface area (Å²) < 4.78 is 6.90. The standard InChI is InChI=1S/C14H21NO4/c1-5-15-8-6-11(16)12(17)10(15)7-9-19-13(18)14(2,3)4/h6,8,17H,5,7,9H2,1-4H3. The molecule has 0 fully saturated rings. The molecule has 19 heavy (non-hydrogen) atoms. The Morgan fingerprint density at radius 3 is 2.58 bits per heavy atom. The highest BCUT2D eigenvalue weighted by Crippen LogP contribution is 2.16. The topological polar surface area (TPSA) is 68.5 Å². The summed E-state index contributed by atoms with van der Waals surface area (Å²) in [4.78, 5) is 23.0. The molecule has 106 valence electrons. The van der Waals surface area contributed by atoms with Gasteiger partial charge in [0.1, 0.15) is 0 Å². The number of aromatic hydroxyl groups is 1. The van der Waals surface area contributed by atoms with E-state index >= 15 is 0 Å². The number of pyridine rings is 1. The monoisotopic (exact) mass is 267 g/mol. The Labute approximate surface area is 112 Å². The summed E-state index contributed by atoms with van der Waals surface area (Å²) in [5.74, 6) is -0.565. The summed E-state index contributed by atoms with van der Waals surface area (Å²) >= 11 is 0. The minimum Gasteiger partial charge on any atom is -0.503 e. The Bertz CT molecular complexity index is 511. The van der Waals surface area contributed by atoms with Gasteiger partial charge in [-0.2, -0.15) is 0 Å². The third kappa shape index (κ3) is 3.84. The van der Waals surface area contributed by atoms with Crippen LogP contribution in [0.25, 0.3) is 0 Å². The van der Waals surface area contributed by atoms with Gasteiger partial charge in [-0.15, -0.1) is 0 Å². The van der Waals surface area contributed by atoms with Crippen LogP contribution in [0.4, 0.5) is 0 Å². The lowest BCUT2D eigenvalue weighted by atomic mass is 9.97. The molecule has 5 nitrogen and oxygen atoms in total. The number of aromatic nitrogens is 1. The third-order valence-electron chi connectivity index (χ3n) is 2.78. The fraction of sp³-hybridized carbons (Fsp3) is 0.571. The van der Waals surface area contributed by atoms with E-state index < -0.39 is 10.8 Å². The molecule has 5 heteroatoms. The molecule has 0 amide bonds. The number of esters is 1. The molecule has 0 aliphatic rings. The average Bonchev–Trinajstić information content (AvgIpc) is 2.33. The lowest BCUT2D eigenvalue weighted by Crippen LogP contribution is -2.24. The molecule has 0 spiro atoms. The van der Waals surface area contributed by atoms with E-state index in [1.807, 2.05) is 6.92 Å². The normalized spacial score (nSPS) is 11.4. The number of ether oxygens (including phenoxy) is 1. The molecule has 0 unspecified atom stereocenters. The quantitative estimate of drug-likeness (QED) is 0.843. The van der Waals surface area contributed by atoms with Gasteiger partial charge in [0.25, 0.3) is 0 Å². The highest BCUT2D eigenvalue weighted by Gasteiger charge is 2.23. The molecule has 0 atom stereocenters. The van der Waals surface area contributed by atoms with E-state index in [4.69, 9.17) is 4.74 Å². The van der Waals surface area contributed by atoms with Crippen LogP contribution in [0.5, 0.6) is 5.75 Å². The Morgan fingerprint density at radius 1 is 1.42 bits per heavy atom. The molecular formula is C14H21NO4. The van der Waals surface area contributed by atoms with E-state index in [9.17, 15) is 14.7 Å². The first-order valence-electron chi connectivity index (χ1n) is 6.36. The molecule has 1 aromatic rings. The van der Waals surface area contributed by atoms with Gasteiger partial charge in [0.15, 0.2) is 5.75 Å². The molecule has 1 N–H and O–H groups in total. The van der Waals surface area contributed by atoms with Crippen LogP contribution >= 0.6 is 0 Å². The van der Waals surface area contributed by atoms with Gasteiger partial charge in [0, 0.05) is 25.2 Å². The SMILES string of the molecule is CCn1ccc(=O)c(O)c1CCOC(=O)C(C)(C)C. The van der Waals surface area contributed by atoms with E-state index in [-0.39, 0.29) is 18.3 Å². The molecule has 1 heterocycles. The van der Waals surface area contributed by atoms with Crippen molar-refractivity contribution >= 4 is 5.97 Å². The zero-order valence-corrected chi connectivity index (χ0v) is 11.9. The zero-order chi connectivity index (χ0) is 14.6. The first kappa shape index (κ1) is 15.3. The van der Waals surface area contributed by atoms with Gasteiger partial charge in [-0.25, -0.2) is 0 Å². The van der Waals surface area contributed by atoms with Crippen LogP contribution in [0.15, 0.2) is 17.1 Å². The molecule has 0 saturated carbocycles. The second-order valence-corrected chi connectivity index (χ2v) is 5.40. The Balaban J connectivity index is 2.76. The van der Waals surface area contributed by atoms with Crippen molar-refractivity contribution in [2.45, 2.75) is 40.7 Å². The van der Waals surface area contributed by atoms with Crippen molar-refractivity contribution in [1.82, 2.24) is 4.57 Å². The highest BCUT2D eigenvalue weighted by molar-refractivity contribution is 5.75. The molecule has 0 aliphatic heterocycles. The predicted octanol–water partition coefficient (Wildman–Crippen LogP) is 1.71. The molecule has 0 aromatic carbocycles. The second-order valence-electron chi connectivity index (χ2n) is 5.40. The summed E-state index contributed by atoms with van der Waals surface area (Å²) in [5, 5.41) is 9.76. The van der Waals surface area contributed by atoms with Gasteiger partial charge in [0.05, 0.1) is 17.7 Å². The second kappa shape index (κ2) is 5.91. The molecule has 0 saturated heterocycles. The van der Waals surface area contributed by atoms with Crippen LogP contribution < -0.4 is 5.43 Å². The number of carbonyl (C=O) groups is 1. The number of hydrogen-bond acceptors (Lipinski definition) is 4. The van der Waals surface area contributed by atoms with Crippen molar-refractivity contribution in [3.8, 4) is 5.75 Å². The maximum Gasteiger partial charge on any atom is 0.311 e. The van der Waals surface area contributed by atoms with Crippen LogP contribution in [-0.2, 0) is 22.5 Å². The van der Waals surface area contributed by atoms with Crippen LogP contribution in [0.1, 0.15) is 33.4 Å². The van der Waals surface area contributed by atoms with Crippen LogP contribution in [0, 0.1) is 5.41 Å². The Kier molecular flexibility index (Phi) is 4.75. The number of rotatable bonds is 4. The number of nitrogens with zero attached hydrogens (tertiary/aromatic N) is 1. The van der Waals surface area contributed by atoms with Gasteiger partial charge in [0.2, 0.25) is 5.43 Å². The van der Waals surface area contributed by atoms with E-state index in [2.05, 4.69) is 0 Å². The van der Waals surface area contributed by atoms with E-state index in [1.54, 1.807) is 31.5 Å². The minimum absolute atomic E-state index is 0.146. The van der Waals surface area contributed by atoms with E-state index in [0.717, 1.165) is 0 Å². The smallest absolute Gasteiger partial charge is 0.311 e. The summed E-state index contributed by atoms with van der Waals surface area (Å²) in [5.41, 5.74) is -0.470. The first-order chi connectivity index (χ1) is 8.77. The van der Waals surface area contributed by atoms with Crippen molar-refractivity contribution in [1.29, 1.82) is 0 Å². The summed E-state index contributed by atoms with van der Waals surface area (Å²) in [6.45, 7) is 8.02.